The number of nitrogens with zero attached hydrogens (tertiary/aromatic N) is 1. The van der Waals surface area contributed by atoms with Gasteiger partial charge in [0.2, 0.25) is 0 Å². The topological polar surface area (TPSA) is 58.0 Å². The van der Waals surface area contributed by atoms with Crippen molar-refractivity contribution in [2.45, 2.75) is 6.42 Å². The Kier molecular flexibility index (Phi) is 2.87. The molecule has 82 valence electrons. The number of carboxylic acids is 1. The number of rotatable bonds is 3. The van der Waals surface area contributed by atoms with Crippen LogP contribution in [0.5, 0.6) is 0 Å². The molecule has 16 heavy (non-hydrogen) atoms. The van der Waals surface area contributed by atoms with Gasteiger partial charge in [0, 0.05) is 12.4 Å². The van der Waals surface area contributed by atoms with Crippen molar-refractivity contribution >= 4 is 18.2 Å². The number of aromatic nitrogens is 2. The summed E-state index contributed by atoms with van der Waals surface area (Å²) in [5.74, 6) is -0.852. The van der Waals surface area contributed by atoms with Crippen molar-refractivity contribution in [3.05, 3.63) is 47.0 Å². The Bertz CT molecular complexity index is 571. The Hall–Kier alpha value is -1.88. The molecule has 2 N–H and O–H groups in total. The summed E-state index contributed by atoms with van der Waals surface area (Å²) < 4.78 is 2.31. The molecule has 0 bridgehead atoms. The first kappa shape index (κ1) is 10.6. The maximum Gasteiger partial charge on any atom is 0.307 e. The number of carboxylic acid groups (broad SMARTS) is 1. The van der Waals surface area contributed by atoms with Gasteiger partial charge in [0.25, 0.3) is 0 Å². The minimum absolute atomic E-state index is 0.0108. The molecule has 0 radical (unpaired) electrons. The molecule has 0 spiro atoms. The normalized spacial score (nSPS) is 10.2. The highest BCUT2D eigenvalue weighted by Crippen LogP contribution is 2.15. The van der Waals surface area contributed by atoms with Crippen LogP contribution >= 0.6 is 12.2 Å². The SMILES string of the molecule is O=C(O)Cc1ccccc1-n1cc[nH]c1=S. The Balaban J connectivity index is 2.53. The molecule has 0 amide bonds. The van der Waals surface area contributed by atoms with Gasteiger partial charge in [-0.2, -0.15) is 0 Å². The van der Waals surface area contributed by atoms with Crippen LogP contribution in [-0.4, -0.2) is 20.6 Å². The lowest BCUT2D eigenvalue weighted by atomic mass is 10.1. The molecule has 0 aliphatic rings. The minimum atomic E-state index is -0.852. The molecule has 1 aromatic carbocycles. The predicted molar refractivity (Wildman–Crippen MR) is 62.3 cm³/mol. The summed E-state index contributed by atoms with van der Waals surface area (Å²) in [6, 6.07) is 7.31. The molecule has 2 aromatic rings. The van der Waals surface area contributed by atoms with Crippen LogP contribution in [0.3, 0.4) is 0 Å². The third kappa shape index (κ3) is 2.04. The summed E-state index contributed by atoms with van der Waals surface area (Å²) in [6.07, 6.45) is 3.49. The fraction of sp³-hybridized carbons (Fsp3) is 0.0909. The second-order valence-corrected chi connectivity index (χ2v) is 3.72. The van der Waals surface area contributed by atoms with Gasteiger partial charge in [-0.25, -0.2) is 0 Å². The van der Waals surface area contributed by atoms with E-state index in [0.29, 0.717) is 4.77 Å². The van der Waals surface area contributed by atoms with Crippen molar-refractivity contribution in [2.75, 3.05) is 0 Å². The summed E-state index contributed by atoms with van der Waals surface area (Å²) in [5, 5.41) is 8.82. The van der Waals surface area contributed by atoms with Crippen molar-refractivity contribution < 1.29 is 9.90 Å². The summed E-state index contributed by atoms with van der Waals surface area (Å²) in [4.78, 5) is 13.6. The number of benzene rings is 1. The number of H-pyrrole nitrogens is 1. The highest BCUT2D eigenvalue weighted by molar-refractivity contribution is 7.71. The standard InChI is InChI=1S/C11H10N2O2S/c14-10(15)7-8-3-1-2-4-9(8)13-6-5-12-11(13)16/h1-6H,7H2,(H,12,16)(H,14,15). The summed E-state index contributed by atoms with van der Waals surface area (Å²) in [5.41, 5.74) is 1.54. The van der Waals surface area contributed by atoms with Gasteiger partial charge >= 0.3 is 5.97 Å². The molecule has 0 atom stereocenters. The largest absolute Gasteiger partial charge is 0.481 e. The molecule has 4 nitrogen and oxygen atoms in total. The van der Waals surface area contributed by atoms with E-state index in [1.165, 1.54) is 0 Å². The average Bonchev–Trinajstić information content (AvgIpc) is 2.64. The number of hydrogen-bond acceptors (Lipinski definition) is 2. The lowest BCUT2D eigenvalue weighted by molar-refractivity contribution is -0.136. The fourth-order valence-corrected chi connectivity index (χ4v) is 1.80. The van der Waals surface area contributed by atoms with Gasteiger partial charge in [0.1, 0.15) is 0 Å². The van der Waals surface area contributed by atoms with E-state index in [0.717, 1.165) is 11.3 Å². The highest BCUT2D eigenvalue weighted by atomic mass is 32.1. The fourth-order valence-electron chi connectivity index (χ4n) is 1.57. The summed E-state index contributed by atoms with van der Waals surface area (Å²) >= 11 is 5.10. The lowest BCUT2D eigenvalue weighted by Crippen LogP contribution is -2.05. The number of nitrogens with one attached hydrogen (secondary N) is 1. The molecule has 0 fully saturated rings. The summed E-state index contributed by atoms with van der Waals surface area (Å²) in [6.45, 7) is 0. The number of aliphatic carboxylic acids is 1. The Morgan fingerprint density at radius 3 is 2.81 bits per heavy atom. The van der Waals surface area contributed by atoms with E-state index in [1.807, 2.05) is 18.2 Å². The van der Waals surface area contributed by atoms with Crippen LogP contribution in [0.25, 0.3) is 5.69 Å². The zero-order chi connectivity index (χ0) is 11.5. The van der Waals surface area contributed by atoms with Gasteiger partial charge in [-0.15, -0.1) is 0 Å². The number of hydrogen-bond donors (Lipinski definition) is 2. The van der Waals surface area contributed by atoms with Gasteiger partial charge in [-0.3, -0.25) is 9.36 Å². The molecule has 0 unspecified atom stereocenters. The number of aromatic amines is 1. The predicted octanol–water partition coefficient (Wildman–Crippen LogP) is 2.16. The molecule has 2 rings (SSSR count). The molecular formula is C11H10N2O2S. The van der Waals surface area contributed by atoms with Crippen LogP contribution in [0, 0.1) is 4.77 Å². The number of carbonyl (C=O) groups is 1. The van der Waals surface area contributed by atoms with Crippen LogP contribution in [0.4, 0.5) is 0 Å². The van der Waals surface area contributed by atoms with Gasteiger partial charge in [0.15, 0.2) is 4.77 Å². The average molecular weight is 234 g/mol. The summed E-state index contributed by atoms with van der Waals surface area (Å²) in [7, 11) is 0. The van der Waals surface area contributed by atoms with E-state index in [9.17, 15) is 4.79 Å². The van der Waals surface area contributed by atoms with Crippen molar-refractivity contribution in [1.82, 2.24) is 9.55 Å². The molecule has 0 saturated heterocycles. The molecule has 0 aliphatic heterocycles. The second-order valence-electron chi connectivity index (χ2n) is 3.33. The first-order chi connectivity index (χ1) is 7.68. The van der Waals surface area contributed by atoms with Crippen molar-refractivity contribution in [3.8, 4) is 5.69 Å². The first-order valence-electron chi connectivity index (χ1n) is 4.74. The Morgan fingerprint density at radius 2 is 2.19 bits per heavy atom. The minimum Gasteiger partial charge on any atom is -0.481 e. The smallest absolute Gasteiger partial charge is 0.307 e. The Labute approximate surface area is 97.2 Å². The molecule has 1 aromatic heterocycles. The van der Waals surface area contributed by atoms with E-state index < -0.39 is 5.97 Å². The van der Waals surface area contributed by atoms with Crippen LogP contribution in [0.15, 0.2) is 36.7 Å². The van der Waals surface area contributed by atoms with Gasteiger partial charge < -0.3 is 10.1 Å². The first-order valence-corrected chi connectivity index (χ1v) is 5.15. The number of imidazole rings is 1. The van der Waals surface area contributed by atoms with E-state index in [2.05, 4.69) is 4.98 Å². The van der Waals surface area contributed by atoms with E-state index in [1.54, 1.807) is 23.0 Å². The molecule has 0 aliphatic carbocycles. The maximum atomic E-state index is 10.7. The quantitative estimate of drug-likeness (QED) is 0.800. The van der Waals surface area contributed by atoms with Gasteiger partial charge in [-0.05, 0) is 23.8 Å². The van der Waals surface area contributed by atoms with Crippen molar-refractivity contribution in [3.63, 3.8) is 0 Å². The third-order valence-electron chi connectivity index (χ3n) is 2.24. The van der Waals surface area contributed by atoms with Gasteiger partial charge in [0.05, 0.1) is 12.1 Å². The monoisotopic (exact) mass is 234 g/mol. The van der Waals surface area contributed by atoms with Crippen LogP contribution in [-0.2, 0) is 11.2 Å². The van der Waals surface area contributed by atoms with Crippen LogP contribution in [0.1, 0.15) is 5.56 Å². The lowest BCUT2D eigenvalue weighted by Gasteiger charge is -2.07. The van der Waals surface area contributed by atoms with Crippen LogP contribution in [0.2, 0.25) is 0 Å². The van der Waals surface area contributed by atoms with Crippen molar-refractivity contribution in [2.24, 2.45) is 0 Å². The van der Waals surface area contributed by atoms with E-state index in [4.69, 9.17) is 17.3 Å². The van der Waals surface area contributed by atoms with E-state index >= 15 is 0 Å². The molecule has 1 heterocycles. The van der Waals surface area contributed by atoms with E-state index in [-0.39, 0.29) is 6.42 Å². The highest BCUT2D eigenvalue weighted by Gasteiger charge is 2.07. The van der Waals surface area contributed by atoms with Gasteiger partial charge in [-0.1, -0.05) is 18.2 Å². The zero-order valence-electron chi connectivity index (χ0n) is 8.38. The second kappa shape index (κ2) is 4.32. The van der Waals surface area contributed by atoms with Crippen molar-refractivity contribution in [1.29, 1.82) is 0 Å². The molecule has 5 heteroatoms. The maximum absolute atomic E-state index is 10.7. The molecular weight excluding hydrogens is 224 g/mol. The number of para-hydroxylation sites is 1. The third-order valence-corrected chi connectivity index (χ3v) is 2.56. The molecule has 0 saturated carbocycles. The zero-order valence-corrected chi connectivity index (χ0v) is 9.20. The Morgan fingerprint density at radius 1 is 1.44 bits per heavy atom. The van der Waals surface area contributed by atoms with Crippen LogP contribution < -0.4 is 0 Å².